The molecule has 29 heavy (non-hydrogen) atoms. The lowest BCUT2D eigenvalue weighted by atomic mass is 9.93. The molecule has 1 aliphatic rings. The first-order valence-corrected chi connectivity index (χ1v) is 9.23. The average molecular weight is 389 g/mol. The Morgan fingerprint density at radius 3 is 2.24 bits per heavy atom. The number of amides is 1. The molecule has 0 saturated carbocycles. The van der Waals surface area contributed by atoms with Gasteiger partial charge in [-0.3, -0.25) is 9.69 Å². The molecule has 5 heteroatoms. The van der Waals surface area contributed by atoms with Crippen LogP contribution in [-0.2, 0) is 4.79 Å². The second-order valence-corrected chi connectivity index (χ2v) is 6.93. The molecule has 4 nitrogen and oxygen atoms in total. The van der Waals surface area contributed by atoms with Gasteiger partial charge in [0.15, 0.2) is 5.76 Å². The summed E-state index contributed by atoms with van der Waals surface area (Å²) in [6.07, 6.45) is 0. The highest BCUT2D eigenvalue weighted by molar-refractivity contribution is 6.16. The van der Waals surface area contributed by atoms with Crippen LogP contribution in [0.25, 0.3) is 5.57 Å². The van der Waals surface area contributed by atoms with Crippen molar-refractivity contribution in [2.45, 2.75) is 13.0 Å². The molecule has 0 fully saturated rings. The molecule has 1 amide bonds. The Balaban J connectivity index is 1.91. The number of nitrogens with zero attached hydrogens (tertiary/aromatic N) is 1. The van der Waals surface area contributed by atoms with E-state index in [1.165, 1.54) is 11.0 Å². The fourth-order valence-corrected chi connectivity index (χ4v) is 3.63. The fraction of sp³-hybridized carbons (Fsp3) is 0.125. The summed E-state index contributed by atoms with van der Waals surface area (Å²) >= 11 is 0. The molecule has 0 unspecified atom stereocenters. The number of methoxy groups -OCH3 is 1. The minimum absolute atomic E-state index is 0.316. The molecule has 1 N–H and O–H groups in total. The van der Waals surface area contributed by atoms with Gasteiger partial charge in [-0.25, -0.2) is 4.39 Å². The monoisotopic (exact) mass is 389 g/mol. The van der Waals surface area contributed by atoms with Crippen molar-refractivity contribution >= 4 is 17.2 Å². The maximum absolute atomic E-state index is 14.8. The molecular weight excluding hydrogens is 369 g/mol. The van der Waals surface area contributed by atoms with E-state index in [4.69, 9.17) is 4.74 Å². The number of carbonyl (C=O) groups is 1. The lowest BCUT2D eigenvalue weighted by Gasteiger charge is -2.28. The molecule has 0 aliphatic carbocycles. The van der Waals surface area contributed by atoms with E-state index in [9.17, 15) is 14.3 Å². The van der Waals surface area contributed by atoms with Crippen LogP contribution in [0.1, 0.15) is 22.7 Å². The summed E-state index contributed by atoms with van der Waals surface area (Å²) in [5.74, 6) is -0.740. The summed E-state index contributed by atoms with van der Waals surface area (Å²) in [6.45, 7) is 1.95. The Labute approximate surface area is 168 Å². The number of aryl methyl sites for hydroxylation is 1. The Bertz CT molecular complexity index is 1090. The van der Waals surface area contributed by atoms with E-state index < -0.39 is 17.8 Å². The summed E-state index contributed by atoms with van der Waals surface area (Å²) in [6, 6.07) is 19.9. The summed E-state index contributed by atoms with van der Waals surface area (Å²) in [4.78, 5) is 14.5. The number of rotatable bonds is 4. The third kappa shape index (κ3) is 3.25. The maximum atomic E-state index is 14.8. The van der Waals surface area contributed by atoms with Gasteiger partial charge in [0, 0.05) is 16.8 Å². The SMILES string of the molecule is COc1ccc(C2=C(O)C(=O)N(c3ccc(C)cc3)[C@@H]2c2ccccc2F)cc1. The Hall–Kier alpha value is -3.60. The quantitative estimate of drug-likeness (QED) is 0.667. The number of carbonyl (C=O) groups excluding carboxylic acids is 1. The molecule has 1 heterocycles. The Morgan fingerprint density at radius 2 is 1.62 bits per heavy atom. The van der Waals surface area contributed by atoms with Crippen LogP contribution in [0.3, 0.4) is 0 Å². The molecule has 4 rings (SSSR count). The van der Waals surface area contributed by atoms with Crippen molar-refractivity contribution in [2.75, 3.05) is 12.0 Å². The molecule has 0 spiro atoms. The summed E-state index contributed by atoms with van der Waals surface area (Å²) in [5.41, 5.74) is 2.93. The molecule has 0 saturated heterocycles. The summed E-state index contributed by atoms with van der Waals surface area (Å²) < 4.78 is 20.0. The van der Waals surface area contributed by atoms with Gasteiger partial charge in [-0.15, -0.1) is 0 Å². The molecule has 0 radical (unpaired) electrons. The standard InChI is InChI=1S/C24H20FNO3/c1-15-7-11-17(12-8-15)26-22(19-5-3-4-6-20(19)25)21(23(27)24(26)28)16-9-13-18(29-2)14-10-16/h3-14,22,27H,1-2H3/t22-/m1/s1. The van der Waals surface area contributed by atoms with Crippen molar-refractivity contribution in [3.05, 3.63) is 101 Å². The van der Waals surface area contributed by atoms with E-state index >= 15 is 0 Å². The van der Waals surface area contributed by atoms with Gasteiger partial charge >= 0.3 is 0 Å². The second kappa shape index (κ2) is 7.43. The van der Waals surface area contributed by atoms with E-state index in [0.717, 1.165) is 5.56 Å². The average Bonchev–Trinajstić information content (AvgIpc) is 3.00. The predicted molar refractivity (Wildman–Crippen MR) is 110 cm³/mol. The van der Waals surface area contributed by atoms with Crippen molar-refractivity contribution in [3.8, 4) is 5.75 Å². The van der Waals surface area contributed by atoms with Crippen molar-refractivity contribution in [2.24, 2.45) is 0 Å². The third-order valence-electron chi connectivity index (χ3n) is 5.12. The number of hydrogen-bond donors (Lipinski definition) is 1. The minimum Gasteiger partial charge on any atom is -0.503 e. The zero-order chi connectivity index (χ0) is 20.5. The predicted octanol–water partition coefficient (Wildman–Crippen LogP) is 5.20. The second-order valence-electron chi connectivity index (χ2n) is 6.93. The molecule has 1 aliphatic heterocycles. The Morgan fingerprint density at radius 1 is 0.966 bits per heavy atom. The zero-order valence-electron chi connectivity index (χ0n) is 16.1. The van der Waals surface area contributed by atoms with Crippen LogP contribution in [-0.4, -0.2) is 18.1 Å². The molecule has 0 bridgehead atoms. The summed E-state index contributed by atoms with van der Waals surface area (Å²) in [7, 11) is 1.56. The van der Waals surface area contributed by atoms with E-state index in [-0.39, 0.29) is 5.76 Å². The molecule has 1 atom stereocenters. The third-order valence-corrected chi connectivity index (χ3v) is 5.12. The summed E-state index contributed by atoms with van der Waals surface area (Å²) in [5, 5.41) is 10.8. The van der Waals surface area contributed by atoms with Crippen LogP contribution >= 0.6 is 0 Å². The highest BCUT2D eigenvalue weighted by Crippen LogP contribution is 2.46. The zero-order valence-corrected chi connectivity index (χ0v) is 16.1. The van der Waals surface area contributed by atoms with Crippen LogP contribution in [0.2, 0.25) is 0 Å². The van der Waals surface area contributed by atoms with Crippen molar-refractivity contribution in [3.63, 3.8) is 0 Å². The number of aliphatic hydroxyl groups is 1. The topological polar surface area (TPSA) is 49.8 Å². The minimum atomic E-state index is -0.792. The highest BCUT2D eigenvalue weighted by Gasteiger charge is 2.42. The van der Waals surface area contributed by atoms with E-state index in [1.54, 1.807) is 61.7 Å². The molecule has 3 aromatic carbocycles. The lowest BCUT2D eigenvalue weighted by molar-refractivity contribution is -0.117. The van der Waals surface area contributed by atoms with E-state index in [2.05, 4.69) is 0 Å². The molecule has 0 aromatic heterocycles. The number of anilines is 1. The van der Waals surface area contributed by atoms with E-state index in [1.807, 2.05) is 19.1 Å². The first kappa shape index (κ1) is 18.7. The molecule has 146 valence electrons. The van der Waals surface area contributed by atoms with E-state index in [0.29, 0.717) is 28.1 Å². The normalized spacial score (nSPS) is 16.4. The first-order chi connectivity index (χ1) is 14.0. The molecule has 3 aromatic rings. The largest absolute Gasteiger partial charge is 0.503 e. The number of hydrogen-bond acceptors (Lipinski definition) is 3. The van der Waals surface area contributed by atoms with Gasteiger partial charge in [0.2, 0.25) is 0 Å². The number of benzene rings is 3. The van der Waals surface area contributed by atoms with Crippen LogP contribution in [0.4, 0.5) is 10.1 Å². The van der Waals surface area contributed by atoms with Crippen LogP contribution in [0, 0.1) is 12.7 Å². The van der Waals surface area contributed by atoms with Crippen LogP contribution < -0.4 is 9.64 Å². The number of aliphatic hydroxyl groups excluding tert-OH is 1. The lowest BCUT2D eigenvalue weighted by Crippen LogP contribution is -2.30. The van der Waals surface area contributed by atoms with Crippen molar-refractivity contribution in [1.29, 1.82) is 0 Å². The number of halogens is 1. The van der Waals surface area contributed by atoms with Gasteiger partial charge in [0.25, 0.3) is 5.91 Å². The smallest absolute Gasteiger partial charge is 0.294 e. The fourth-order valence-electron chi connectivity index (χ4n) is 3.63. The maximum Gasteiger partial charge on any atom is 0.294 e. The van der Waals surface area contributed by atoms with Crippen LogP contribution in [0.15, 0.2) is 78.6 Å². The van der Waals surface area contributed by atoms with Gasteiger partial charge in [-0.1, -0.05) is 48.0 Å². The molecular formula is C24H20FNO3. The van der Waals surface area contributed by atoms with Gasteiger partial charge in [0.1, 0.15) is 11.6 Å². The van der Waals surface area contributed by atoms with Crippen molar-refractivity contribution in [1.82, 2.24) is 0 Å². The van der Waals surface area contributed by atoms with Crippen molar-refractivity contribution < 1.29 is 19.0 Å². The first-order valence-electron chi connectivity index (χ1n) is 9.23. The van der Waals surface area contributed by atoms with Gasteiger partial charge < -0.3 is 9.84 Å². The van der Waals surface area contributed by atoms with Gasteiger partial charge in [-0.2, -0.15) is 0 Å². The van der Waals surface area contributed by atoms with Gasteiger partial charge in [0.05, 0.1) is 13.2 Å². The van der Waals surface area contributed by atoms with Gasteiger partial charge in [-0.05, 0) is 42.8 Å². The van der Waals surface area contributed by atoms with Crippen LogP contribution in [0.5, 0.6) is 5.75 Å². The number of ether oxygens (including phenoxy) is 1. The Kier molecular flexibility index (Phi) is 4.80. The highest BCUT2D eigenvalue weighted by atomic mass is 19.1.